The molecule has 0 aliphatic carbocycles. The summed E-state index contributed by atoms with van der Waals surface area (Å²) in [5, 5.41) is 2.60. The van der Waals surface area contributed by atoms with Gasteiger partial charge in [-0.2, -0.15) is 0 Å². The van der Waals surface area contributed by atoms with E-state index in [9.17, 15) is 13.6 Å². The van der Waals surface area contributed by atoms with Gasteiger partial charge in [0, 0.05) is 17.4 Å². The highest BCUT2D eigenvalue weighted by atomic mass is 19.1. The molecular formula is C20H13F2N3O. The quantitative estimate of drug-likeness (QED) is 0.589. The minimum Gasteiger partial charge on any atom is -0.322 e. The van der Waals surface area contributed by atoms with Crippen molar-refractivity contribution in [3.63, 3.8) is 0 Å². The molecule has 0 spiro atoms. The summed E-state index contributed by atoms with van der Waals surface area (Å²) in [5.41, 5.74) is 3.03. The van der Waals surface area contributed by atoms with E-state index in [0.717, 1.165) is 28.9 Å². The van der Waals surface area contributed by atoms with Gasteiger partial charge in [0.15, 0.2) is 0 Å². The smallest absolute Gasteiger partial charge is 0.258 e. The number of nitrogens with zero attached hydrogens (tertiary/aromatic N) is 2. The normalized spacial score (nSPS) is 10.8. The highest BCUT2D eigenvalue weighted by Crippen LogP contribution is 2.20. The number of fused-ring (bicyclic) bond motifs is 1. The summed E-state index contributed by atoms with van der Waals surface area (Å²) in [6, 6.07) is 17.7. The van der Waals surface area contributed by atoms with Crippen molar-refractivity contribution in [3.8, 4) is 5.69 Å². The van der Waals surface area contributed by atoms with Crippen LogP contribution in [0.3, 0.4) is 0 Å². The highest BCUT2D eigenvalue weighted by Gasteiger charge is 2.13. The van der Waals surface area contributed by atoms with Gasteiger partial charge < -0.3 is 5.32 Å². The van der Waals surface area contributed by atoms with E-state index >= 15 is 0 Å². The number of imidazole rings is 1. The van der Waals surface area contributed by atoms with Gasteiger partial charge in [-0.3, -0.25) is 9.36 Å². The Hall–Kier alpha value is -3.54. The van der Waals surface area contributed by atoms with Crippen LogP contribution in [0.5, 0.6) is 0 Å². The molecule has 0 radical (unpaired) electrons. The zero-order valence-corrected chi connectivity index (χ0v) is 13.5. The lowest BCUT2D eigenvalue weighted by Gasteiger charge is -2.08. The standard InChI is InChI=1S/C20H13F2N3O/c21-13-5-10-16(17(22)11-13)20(26)24-14-6-8-15(9-7-14)25-12-23-18-3-1-2-4-19(18)25/h1-12H,(H,24,26). The lowest BCUT2D eigenvalue weighted by molar-refractivity contribution is 0.102. The fourth-order valence-electron chi connectivity index (χ4n) is 2.74. The molecule has 0 unspecified atom stereocenters. The van der Waals surface area contributed by atoms with E-state index < -0.39 is 17.5 Å². The molecule has 0 aliphatic rings. The predicted molar refractivity (Wildman–Crippen MR) is 95.4 cm³/mol. The van der Waals surface area contributed by atoms with E-state index in [0.29, 0.717) is 11.8 Å². The average Bonchev–Trinajstić information content (AvgIpc) is 3.06. The molecule has 4 nitrogen and oxygen atoms in total. The van der Waals surface area contributed by atoms with Gasteiger partial charge in [-0.05, 0) is 48.5 Å². The molecule has 6 heteroatoms. The van der Waals surface area contributed by atoms with E-state index in [-0.39, 0.29) is 5.56 Å². The summed E-state index contributed by atoms with van der Waals surface area (Å²) in [6.07, 6.45) is 1.73. The zero-order chi connectivity index (χ0) is 18.1. The van der Waals surface area contributed by atoms with Crippen molar-refractivity contribution in [1.82, 2.24) is 9.55 Å². The van der Waals surface area contributed by atoms with Crippen LogP contribution in [-0.2, 0) is 0 Å². The van der Waals surface area contributed by atoms with Crippen molar-refractivity contribution in [2.45, 2.75) is 0 Å². The van der Waals surface area contributed by atoms with Crippen LogP contribution >= 0.6 is 0 Å². The van der Waals surface area contributed by atoms with Gasteiger partial charge in [-0.25, -0.2) is 13.8 Å². The molecule has 0 atom stereocenters. The van der Waals surface area contributed by atoms with Crippen LogP contribution < -0.4 is 5.32 Å². The van der Waals surface area contributed by atoms with E-state index in [4.69, 9.17) is 0 Å². The second kappa shape index (κ2) is 6.40. The molecule has 1 heterocycles. The lowest BCUT2D eigenvalue weighted by Crippen LogP contribution is -2.13. The highest BCUT2D eigenvalue weighted by molar-refractivity contribution is 6.04. The summed E-state index contributed by atoms with van der Waals surface area (Å²) in [6.45, 7) is 0. The van der Waals surface area contributed by atoms with Crippen molar-refractivity contribution in [3.05, 3.63) is 90.3 Å². The van der Waals surface area contributed by atoms with Gasteiger partial charge in [-0.15, -0.1) is 0 Å². The monoisotopic (exact) mass is 349 g/mol. The van der Waals surface area contributed by atoms with E-state index in [1.807, 2.05) is 41.0 Å². The minimum atomic E-state index is -0.899. The molecule has 1 aromatic heterocycles. The van der Waals surface area contributed by atoms with Crippen LogP contribution in [0, 0.1) is 11.6 Å². The molecular weight excluding hydrogens is 336 g/mol. The Labute approximate surface area is 147 Å². The Morgan fingerprint density at radius 3 is 2.50 bits per heavy atom. The summed E-state index contributed by atoms with van der Waals surface area (Å²) in [7, 11) is 0. The first-order chi connectivity index (χ1) is 12.6. The molecule has 3 aromatic carbocycles. The Morgan fingerprint density at radius 2 is 1.73 bits per heavy atom. The first kappa shape index (κ1) is 16.0. The molecule has 1 amide bonds. The number of hydrogen-bond acceptors (Lipinski definition) is 2. The molecule has 4 rings (SSSR count). The third kappa shape index (κ3) is 2.93. The number of amides is 1. The molecule has 128 valence electrons. The number of hydrogen-bond donors (Lipinski definition) is 1. The van der Waals surface area contributed by atoms with Gasteiger partial charge in [-0.1, -0.05) is 12.1 Å². The van der Waals surface area contributed by atoms with Gasteiger partial charge >= 0.3 is 0 Å². The summed E-state index contributed by atoms with van der Waals surface area (Å²) in [4.78, 5) is 16.5. The van der Waals surface area contributed by atoms with Crippen molar-refractivity contribution in [2.75, 3.05) is 5.32 Å². The molecule has 0 saturated carbocycles. The Morgan fingerprint density at radius 1 is 0.962 bits per heavy atom. The third-order valence-electron chi connectivity index (χ3n) is 4.03. The van der Waals surface area contributed by atoms with Gasteiger partial charge in [0.2, 0.25) is 0 Å². The van der Waals surface area contributed by atoms with Crippen LogP contribution in [0.2, 0.25) is 0 Å². The van der Waals surface area contributed by atoms with Crippen LogP contribution in [-0.4, -0.2) is 15.5 Å². The molecule has 26 heavy (non-hydrogen) atoms. The van der Waals surface area contributed by atoms with Crippen LogP contribution in [0.1, 0.15) is 10.4 Å². The largest absolute Gasteiger partial charge is 0.322 e. The average molecular weight is 349 g/mol. The number of carbonyl (C=O) groups is 1. The zero-order valence-electron chi connectivity index (χ0n) is 13.5. The number of rotatable bonds is 3. The maximum Gasteiger partial charge on any atom is 0.258 e. The molecule has 0 bridgehead atoms. The van der Waals surface area contributed by atoms with Crippen LogP contribution in [0.4, 0.5) is 14.5 Å². The van der Waals surface area contributed by atoms with Gasteiger partial charge in [0.1, 0.15) is 18.0 Å². The number of benzene rings is 3. The summed E-state index contributed by atoms with van der Waals surface area (Å²) in [5.74, 6) is -2.26. The molecule has 0 fully saturated rings. The number of nitrogens with one attached hydrogen (secondary N) is 1. The third-order valence-corrected chi connectivity index (χ3v) is 4.03. The van der Waals surface area contributed by atoms with E-state index in [1.54, 1.807) is 18.5 Å². The molecule has 1 N–H and O–H groups in total. The first-order valence-electron chi connectivity index (χ1n) is 7.91. The second-order valence-electron chi connectivity index (χ2n) is 5.73. The Bertz CT molecular complexity index is 1100. The van der Waals surface area contributed by atoms with Crippen molar-refractivity contribution in [2.24, 2.45) is 0 Å². The summed E-state index contributed by atoms with van der Waals surface area (Å²) < 4.78 is 28.6. The molecule has 0 saturated heterocycles. The van der Waals surface area contributed by atoms with Gasteiger partial charge in [0.25, 0.3) is 5.91 Å². The van der Waals surface area contributed by atoms with Crippen molar-refractivity contribution in [1.29, 1.82) is 0 Å². The second-order valence-corrected chi connectivity index (χ2v) is 5.73. The topological polar surface area (TPSA) is 46.9 Å². The fraction of sp³-hybridized carbons (Fsp3) is 0. The van der Waals surface area contributed by atoms with Gasteiger partial charge in [0.05, 0.1) is 16.6 Å². The predicted octanol–water partition coefficient (Wildman–Crippen LogP) is 4.56. The van der Waals surface area contributed by atoms with Crippen molar-refractivity contribution >= 4 is 22.6 Å². The van der Waals surface area contributed by atoms with E-state index in [2.05, 4.69) is 10.3 Å². The molecule has 4 aromatic rings. The SMILES string of the molecule is O=C(Nc1ccc(-n2cnc3ccccc32)cc1)c1ccc(F)cc1F. The maximum absolute atomic E-state index is 13.7. The number of para-hydroxylation sites is 2. The van der Waals surface area contributed by atoms with Crippen molar-refractivity contribution < 1.29 is 13.6 Å². The Balaban J connectivity index is 1.57. The fourth-order valence-corrected chi connectivity index (χ4v) is 2.74. The first-order valence-corrected chi connectivity index (χ1v) is 7.91. The number of carbonyl (C=O) groups excluding carboxylic acids is 1. The molecule has 0 aliphatic heterocycles. The maximum atomic E-state index is 13.7. The lowest BCUT2D eigenvalue weighted by atomic mass is 10.2. The number of halogens is 2. The Kier molecular flexibility index (Phi) is 3.93. The number of anilines is 1. The van der Waals surface area contributed by atoms with Crippen LogP contribution in [0.15, 0.2) is 73.1 Å². The van der Waals surface area contributed by atoms with E-state index in [1.165, 1.54) is 0 Å². The number of aromatic nitrogens is 2. The van der Waals surface area contributed by atoms with Crippen LogP contribution in [0.25, 0.3) is 16.7 Å². The minimum absolute atomic E-state index is 0.212. The summed E-state index contributed by atoms with van der Waals surface area (Å²) >= 11 is 0.